The van der Waals surface area contributed by atoms with Crippen molar-refractivity contribution in [2.24, 2.45) is 9.98 Å². The maximum absolute atomic E-state index is 13.0. The molecule has 154 valence electrons. The Morgan fingerprint density at radius 3 is 2.63 bits per heavy atom. The summed E-state index contributed by atoms with van der Waals surface area (Å²) in [7, 11) is 0. The van der Waals surface area contributed by atoms with E-state index in [4.69, 9.17) is 0 Å². The molecule has 0 spiro atoms. The van der Waals surface area contributed by atoms with E-state index in [2.05, 4.69) is 21.4 Å². The summed E-state index contributed by atoms with van der Waals surface area (Å²) in [5.74, 6) is 0.592. The highest BCUT2D eigenvalue weighted by molar-refractivity contribution is 8.14. The molecule has 7 heteroatoms. The Bertz CT molecular complexity index is 1060. The quantitative estimate of drug-likeness (QED) is 0.777. The van der Waals surface area contributed by atoms with Crippen molar-refractivity contribution < 1.29 is 9.59 Å². The Hall–Kier alpha value is -2.93. The molecule has 2 aliphatic heterocycles. The van der Waals surface area contributed by atoms with Gasteiger partial charge in [0.15, 0.2) is 5.17 Å². The largest absolute Gasteiger partial charge is 0.325 e. The average molecular weight is 421 g/mol. The van der Waals surface area contributed by atoms with E-state index in [9.17, 15) is 9.59 Å². The van der Waals surface area contributed by atoms with Gasteiger partial charge in [0.2, 0.25) is 5.91 Å². The lowest BCUT2D eigenvalue weighted by Gasteiger charge is -2.25. The van der Waals surface area contributed by atoms with E-state index < -0.39 is 0 Å². The van der Waals surface area contributed by atoms with Crippen LogP contribution >= 0.6 is 11.8 Å². The molecule has 0 unspecified atom stereocenters. The topological polar surface area (TPSA) is 74.1 Å². The number of amides is 2. The highest BCUT2D eigenvalue weighted by atomic mass is 32.2. The van der Waals surface area contributed by atoms with E-state index in [1.165, 1.54) is 11.8 Å². The Balaban J connectivity index is 1.53. The van der Waals surface area contributed by atoms with Gasteiger partial charge in [-0.15, -0.1) is 0 Å². The number of aliphatic imine (C=N–C) groups is 2. The number of rotatable bonds is 5. The number of anilines is 1. The van der Waals surface area contributed by atoms with Crippen LogP contribution in [0, 0.1) is 13.8 Å². The van der Waals surface area contributed by atoms with Gasteiger partial charge in [0.05, 0.1) is 11.4 Å². The number of nitrogens with one attached hydrogen (secondary N) is 1. The predicted octanol–water partition coefficient (Wildman–Crippen LogP) is 4.43. The van der Waals surface area contributed by atoms with Crippen LogP contribution in [0.4, 0.5) is 11.4 Å². The second-order valence-electron chi connectivity index (χ2n) is 7.56. The van der Waals surface area contributed by atoms with E-state index in [0.29, 0.717) is 17.4 Å². The number of hydrogen-bond donors (Lipinski definition) is 1. The van der Waals surface area contributed by atoms with Crippen molar-refractivity contribution in [3.63, 3.8) is 0 Å². The SMILES string of the molecule is CCC[C@H]1N=C2c3ccccc3N=C(SCC(=O)Nc3cc(C)cc(C)c3)N2C1=O. The van der Waals surface area contributed by atoms with Crippen LogP contribution in [0.2, 0.25) is 0 Å². The molecule has 0 aliphatic carbocycles. The van der Waals surface area contributed by atoms with Gasteiger partial charge in [-0.1, -0.05) is 43.3 Å². The average Bonchev–Trinajstić information content (AvgIpc) is 3.02. The molecule has 0 saturated carbocycles. The van der Waals surface area contributed by atoms with Crippen LogP contribution < -0.4 is 5.32 Å². The third-order valence-corrected chi connectivity index (χ3v) is 5.89. The zero-order valence-corrected chi connectivity index (χ0v) is 18.1. The van der Waals surface area contributed by atoms with Crippen molar-refractivity contribution in [3.8, 4) is 0 Å². The van der Waals surface area contributed by atoms with Crippen molar-refractivity contribution in [3.05, 3.63) is 59.2 Å². The van der Waals surface area contributed by atoms with Gasteiger partial charge < -0.3 is 5.32 Å². The van der Waals surface area contributed by atoms with Crippen molar-refractivity contribution >= 4 is 46.0 Å². The molecule has 0 fully saturated rings. The molecule has 2 amide bonds. The molecule has 0 aromatic heterocycles. The van der Waals surface area contributed by atoms with Crippen LogP contribution in [0.1, 0.15) is 36.5 Å². The van der Waals surface area contributed by atoms with Crippen LogP contribution in [0.5, 0.6) is 0 Å². The fourth-order valence-electron chi connectivity index (χ4n) is 3.73. The van der Waals surface area contributed by atoms with Gasteiger partial charge in [0.1, 0.15) is 11.9 Å². The minimum Gasteiger partial charge on any atom is -0.325 e. The van der Waals surface area contributed by atoms with Crippen molar-refractivity contribution in [2.75, 3.05) is 11.1 Å². The lowest BCUT2D eigenvalue weighted by Crippen LogP contribution is -2.41. The maximum Gasteiger partial charge on any atom is 0.259 e. The molecule has 2 aliphatic rings. The van der Waals surface area contributed by atoms with Crippen LogP contribution in [-0.4, -0.2) is 39.5 Å². The second kappa shape index (κ2) is 8.44. The zero-order valence-electron chi connectivity index (χ0n) is 17.3. The first-order valence-corrected chi connectivity index (χ1v) is 11.1. The predicted molar refractivity (Wildman–Crippen MR) is 123 cm³/mol. The number of para-hydroxylation sites is 1. The first kappa shape index (κ1) is 20.3. The standard InChI is InChI=1S/C23H24N4O2S/c1-4-7-19-22(29)27-21(25-19)17-8-5-6-9-18(17)26-23(27)30-13-20(28)24-16-11-14(2)10-15(3)12-16/h5-6,8-12,19H,4,7,13H2,1-3H3,(H,24,28)/t19-/m1/s1. The number of fused-ring (bicyclic) bond motifs is 3. The summed E-state index contributed by atoms with van der Waals surface area (Å²) in [6.07, 6.45) is 1.58. The third kappa shape index (κ3) is 4.03. The van der Waals surface area contributed by atoms with Gasteiger partial charge in [-0.25, -0.2) is 9.89 Å². The number of carbonyl (C=O) groups excluding carboxylic acids is 2. The van der Waals surface area contributed by atoms with E-state index in [1.807, 2.05) is 57.2 Å². The summed E-state index contributed by atoms with van der Waals surface area (Å²) >= 11 is 1.26. The smallest absolute Gasteiger partial charge is 0.259 e. The third-order valence-electron chi connectivity index (χ3n) is 4.95. The molecular weight excluding hydrogens is 396 g/mol. The van der Waals surface area contributed by atoms with E-state index in [-0.39, 0.29) is 23.6 Å². The van der Waals surface area contributed by atoms with E-state index in [1.54, 1.807) is 4.90 Å². The lowest BCUT2D eigenvalue weighted by molar-refractivity contribution is -0.124. The zero-order chi connectivity index (χ0) is 21.3. The van der Waals surface area contributed by atoms with Crippen LogP contribution in [0.25, 0.3) is 0 Å². The molecule has 2 heterocycles. The fourth-order valence-corrected chi connectivity index (χ4v) is 4.54. The normalized spacial score (nSPS) is 17.2. The maximum atomic E-state index is 13.0. The van der Waals surface area contributed by atoms with Crippen molar-refractivity contribution in [2.45, 2.75) is 39.7 Å². The Kier molecular flexibility index (Phi) is 5.72. The summed E-state index contributed by atoms with van der Waals surface area (Å²) in [4.78, 5) is 36.5. The van der Waals surface area contributed by atoms with Gasteiger partial charge >= 0.3 is 0 Å². The molecule has 6 nitrogen and oxygen atoms in total. The molecule has 30 heavy (non-hydrogen) atoms. The number of hydrogen-bond acceptors (Lipinski definition) is 5. The Morgan fingerprint density at radius 1 is 1.17 bits per heavy atom. The first-order valence-electron chi connectivity index (χ1n) is 10.1. The summed E-state index contributed by atoms with van der Waals surface area (Å²) in [5.41, 5.74) is 4.59. The highest BCUT2D eigenvalue weighted by Gasteiger charge is 2.40. The van der Waals surface area contributed by atoms with Crippen LogP contribution in [-0.2, 0) is 9.59 Å². The number of thioether (sulfide) groups is 1. The molecule has 0 radical (unpaired) electrons. The van der Waals surface area contributed by atoms with Gasteiger partial charge in [-0.3, -0.25) is 14.6 Å². The molecule has 1 atom stereocenters. The molecule has 0 bridgehead atoms. The monoisotopic (exact) mass is 420 g/mol. The fraction of sp³-hybridized carbons (Fsp3) is 0.304. The van der Waals surface area contributed by atoms with Crippen molar-refractivity contribution in [1.82, 2.24) is 4.90 Å². The van der Waals surface area contributed by atoms with Gasteiger partial charge in [0, 0.05) is 11.3 Å². The number of amidine groups is 2. The summed E-state index contributed by atoms with van der Waals surface area (Å²) < 4.78 is 0. The molecule has 2 aromatic carbocycles. The number of carbonyl (C=O) groups is 2. The highest BCUT2D eigenvalue weighted by Crippen LogP contribution is 2.34. The summed E-state index contributed by atoms with van der Waals surface area (Å²) in [6.45, 7) is 6.04. The van der Waals surface area contributed by atoms with Gasteiger partial charge in [-0.2, -0.15) is 0 Å². The van der Waals surface area contributed by atoms with Gasteiger partial charge in [-0.05, 0) is 55.7 Å². The Labute approximate surface area is 180 Å². The summed E-state index contributed by atoms with van der Waals surface area (Å²) in [6, 6.07) is 13.2. The second-order valence-corrected chi connectivity index (χ2v) is 8.50. The molecular formula is C23H24N4O2S. The first-order chi connectivity index (χ1) is 14.5. The minimum atomic E-state index is -0.383. The number of aryl methyl sites for hydroxylation is 2. The van der Waals surface area contributed by atoms with E-state index >= 15 is 0 Å². The number of benzene rings is 2. The van der Waals surface area contributed by atoms with E-state index in [0.717, 1.165) is 34.5 Å². The lowest BCUT2D eigenvalue weighted by atomic mass is 10.1. The van der Waals surface area contributed by atoms with Crippen LogP contribution in [0.15, 0.2) is 52.4 Å². The summed E-state index contributed by atoms with van der Waals surface area (Å²) in [5, 5.41) is 3.44. The van der Waals surface area contributed by atoms with Gasteiger partial charge in [0.25, 0.3) is 5.91 Å². The molecule has 4 rings (SSSR count). The Morgan fingerprint density at radius 2 is 1.90 bits per heavy atom. The molecule has 0 saturated heterocycles. The van der Waals surface area contributed by atoms with Crippen molar-refractivity contribution in [1.29, 1.82) is 0 Å². The molecule has 1 N–H and O–H groups in total. The van der Waals surface area contributed by atoms with Crippen LogP contribution in [0.3, 0.4) is 0 Å². The number of nitrogens with zero attached hydrogens (tertiary/aromatic N) is 3. The molecule has 2 aromatic rings. The minimum absolute atomic E-state index is 0.0673.